The molecule has 1 unspecified atom stereocenters. The first kappa shape index (κ1) is 21.6. The lowest BCUT2D eigenvalue weighted by molar-refractivity contribution is -0.124. The number of carbonyl (C=O) groups excluding carboxylic acids is 2. The SMILES string of the molecule is CN(C)S(=O)(=O)c1ccc(Cl)c(C(=O)OCC(=O)NC2CCS(=O)(=O)C2)c1. The molecule has 1 aromatic rings. The molecule has 1 fully saturated rings. The number of halogens is 1. The van der Waals surface area contributed by atoms with E-state index in [2.05, 4.69) is 5.32 Å². The van der Waals surface area contributed by atoms with Crippen molar-refractivity contribution < 1.29 is 31.2 Å². The zero-order chi connectivity index (χ0) is 20.4. The van der Waals surface area contributed by atoms with Crippen molar-refractivity contribution in [1.29, 1.82) is 0 Å². The number of hydrogen-bond acceptors (Lipinski definition) is 7. The van der Waals surface area contributed by atoms with Crippen molar-refractivity contribution in [3.63, 3.8) is 0 Å². The lowest BCUT2D eigenvalue weighted by atomic mass is 10.2. The Morgan fingerprint density at radius 2 is 2.00 bits per heavy atom. The average molecular weight is 439 g/mol. The first-order valence-electron chi connectivity index (χ1n) is 7.81. The number of rotatable bonds is 6. The van der Waals surface area contributed by atoms with Gasteiger partial charge in [0.1, 0.15) is 0 Å². The van der Waals surface area contributed by atoms with E-state index in [4.69, 9.17) is 16.3 Å². The van der Waals surface area contributed by atoms with Gasteiger partial charge >= 0.3 is 5.97 Å². The third-order valence-corrected chi connectivity index (χ3v) is 7.78. The number of nitrogens with one attached hydrogen (secondary N) is 1. The molecule has 1 heterocycles. The van der Waals surface area contributed by atoms with Crippen LogP contribution in [0.1, 0.15) is 16.8 Å². The zero-order valence-electron chi connectivity index (χ0n) is 14.6. The van der Waals surface area contributed by atoms with E-state index in [1.807, 2.05) is 0 Å². The molecule has 1 N–H and O–H groups in total. The summed E-state index contributed by atoms with van der Waals surface area (Å²) in [6.45, 7) is -0.642. The second kappa shape index (κ2) is 8.13. The predicted octanol–water partition coefficient (Wildman–Crippen LogP) is 0.0504. The van der Waals surface area contributed by atoms with Gasteiger partial charge in [-0.3, -0.25) is 4.79 Å². The zero-order valence-corrected chi connectivity index (χ0v) is 17.0. The first-order chi connectivity index (χ1) is 12.4. The maximum atomic E-state index is 12.2. The summed E-state index contributed by atoms with van der Waals surface area (Å²) in [5, 5.41) is 2.45. The van der Waals surface area contributed by atoms with Gasteiger partial charge in [0, 0.05) is 20.1 Å². The van der Waals surface area contributed by atoms with Crippen molar-refractivity contribution in [2.24, 2.45) is 0 Å². The maximum absolute atomic E-state index is 12.2. The summed E-state index contributed by atoms with van der Waals surface area (Å²) in [7, 11) is -4.24. The van der Waals surface area contributed by atoms with Gasteiger partial charge in [-0.25, -0.2) is 25.9 Å². The van der Waals surface area contributed by atoms with Crippen molar-refractivity contribution in [1.82, 2.24) is 9.62 Å². The Morgan fingerprint density at radius 3 is 2.56 bits per heavy atom. The summed E-state index contributed by atoms with van der Waals surface area (Å²) in [5.41, 5.74) is -0.198. The Hall–Kier alpha value is -1.69. The van der Waals surface area contributed by atoms with Crippen LogP contribution in [0.4, 0.5) is 0 Å². The molecule has 1 amide bonds. The van der Waals surface area contributed by atoms with Gasteiger partial charge < -0.3 is 10.1 Å². The molecule has 1 aliphatic heterocycles. The third-order valence-electron chi connectivity index (χ3n) is 3.87. The molecule has 1 saturated heterocycles. The molecule has 150 valence electrons. The number of carbonyl (C=O) groups is 2. The Morgan fingerprint density at radius 1 is 1.33 bits per heavy atom. The van der Waals surface area contributed by atoms with E-state index in [1.54, 1.807) is 0 Å². The minimum Gasteiger partial charge on any atom is -0.452 e. The summed E-state index contributed by atoms with van der Waals surface area (Å²) < 4.78 is 52.9. The van der Waals surface area contributed by atoms with Crippen LogP contribution in [0.25, 0.3) is 0 Å². The molecule has 0 bridgehead atoms. The highest BCUT2D eigenvalue weighted by Gasteiger charge is 2.29. The second-order valence-corrected chi connectivity index (χ2v) is 11.0. The molecular weight excluding hydrogens is 420 g/mol. The second-order valence-electron chi connectivity index (χ2n) is 6.17. The van der Waals surface area contributed by atoms with Crippen LogP contribution in [-0.4, -0.2) is 71.3 Å². The van der Waals surface area contributed by atoms with Crippen LogP contribution in [0.5, 0.6) is 0 Å². The van der Waals surface area contributed by atoms with E-state index in [1.165, 1.54) is 26.2 Å². The highest BCUT2D eigenvalue weighted by molar-refractivity contribution is 7.91. The fourth-order valence-electron chi connectivity index (χ4n) is 2.42. The van der Waals surface area contributed by atoms with Crippen LogP contribution in [0, 0.1) is 0 Å². The van der Waals surface area contributed by atoms with Gasteiger partial charge in [-0.05, 0) is 24.6 Å². The average Bonchev–Trinajstić information content (AvgIpc) is 2.91. The van der Waals surface area contributed by atoms with Gasteiger partial charge in [-0.15, -0.1) is 0 Å². The lowest BCUT2D eigenvalue weighted by Crippen LogP contribution is -2.38. The molecule has 27 heavy (non-hydrogen) atoms. The molecule has 1 aromatic carbocycles. The fourth-order valence-corrected chi connectivity index (χ4v) is 5.22. The van der Waals surface area contributed by atoms with E-state index < -0.39 is 44.4 Å². The van der Waals surface area contributed by atoms with E-state index in [9.17, 15) is 26.4 Å². The third kappa shape index (κ3) is 5.41. The molecule has 0 aliphatic carbocycles. The Kier molecular flexibility index (Phi) is 6.51. The topological polar surface area (TPSA) is 127 Å². The normalized spacial score (nSPS) is 19.0. The highest BCUT2D eigenvalue weighted by Crippen LogP contribution is 2.23. The summed E-state index contributed by atoms with van der Waals surface area (Å²) in [6.07, 6.45) is 0.304. The number of hydrogen-bond donors (Lipinski definition) is 1. The standard InChI is InChI=1S/C15H19ClN2O7S2/c1-18(2)27(23,24)11-3-4-13(16)12(7-11)15(20)25-8-14(19)17-10-5-6-26(21,22)9-10/h3-4,7,10H,5-6,8-9H2,1-2H3,(H,17,19). The molecule has 2 rings (SSSR count). The monoisotopic (exact) mass is 438 g/mol. The van der Waals surface area contributed by atoms with Crippen LogP contribution >= 0.6 is 11.6 Å². The molecule has 12 heteroatoms. The fraction of sp³-hybridized carbons (Fsp3) is 0.467. The van der Waals surface area contributed by atoms with Crippen molar-refractivity contribution in [2.45, 2.75) is 17.4 Å². The maximum Gasteiger partial charge on any atom is 0.340 e. The molecular formula is C15H19ClN2O7S2. The number of sulfone groups is 1. The van der Waals surface area contributed by atoms with Crippen molar-refractivity contribution >= 4 is 43.3 Å². The van der Waals surface area contributed by atoms with Gasteiger partial charge in [0.15, 0.2) is 16.4 Å². The quantitative estimate of drug-likeness (QED) is 0.621. The van der Waals surface area contributed by atoms with E-state index in [0.717, 1.165) is 10.4 Å². The Bertz CT molecular complexity index is 958. The number of sulfonamides is 1. The molecule has 0 radical (unpaired) electrons. The van der Waals surface area contributed by atoms with Crippen molar-refractivity contribution in [3.8, 4) is 0 Å². The molecule has 0 saturated carbocycles. The molecule has 1 atom stereocenters. The number of benzene rings is 1. The van der Waals surface area contributed by atoms with Gasteiger partial charge in [0.25, 0.3) is 5.91 Å². The summed E-state index contributed by atoms with van der Waals surface area (Å²) in [4.78, 5) is 23.8. The first-order valence-corrected chi connectivity index (χ1v) is 11.5. The molecule has 1 aliphatic rings. The minimum atomic E-state index is -3.78. The summed E-state index contributed by atoms with van der Waals surface area (Å²) in [6, 6.07) is 3.06. The van der Waals surface area contributed by atoms with Gasteiger partial charge in [0.05, 0.1) is 27.0 Å². The number of nitrogens with zero attached hydrogens (tertiary/aromatic N) is 1. The van der Waals surface area contributed by atoms with Crippen LogP contribution in [0.15, 0.2) is 23.1 Å². The smallest absolute Gasteiger partial charge is 0.340 e. The molecule has 0 aromatic heterocycles. The van der Waals surface area contributed by atoms with Gasteiger partial charge in [-0.2, -0.15) is 0 Å². The van der Waals surface area contributed by atoms with E-state index >= 15 is 0 Å². The predicted molar refractivity (Wildman–Crippen MR) is 97.8 cm³/mol. The Balaban J connectivity index is 2.02. The van der Waals surface area contributed by atoms with Crippen LogP contribution in [0.3, 0.4) is 0 Å². The van der Waals surface area contributed by atoms with E-state index in [-0.39, 0.29) is 27.0 Å². The lowest BCUT2D eigenvalue weighted by Gasteiger charge is -2.13. The molecule has 9 nitrogen and oxygen atoms in total. The summed E-state index contributed by atoms with van der Waals surface area (Å²) >= 11 is 5.93. The molecule has 0 spiro atoms. The van der Waals surface area contributed by atoms with E-state index in [0.29, 0.717) is 6.42 Å². The van der Waals surface area contributed by atoms with Crippen LogP contribution in [-0.2, 0) is 29.4 Å². The van der Waals surface area contributed by atoms with Gasteiger partial charge in [0.2, 0.25) is 10.0 Å². The number of ether oxygens (including phenoxy) is 1. The van der Waals surface area contributed by atoms with Crippen molar-refractivity contribution in [2.75, 3.05) is 32.2 Å². The number of esters is 1. The number of amides is 1. The largest absolute Gasteiger partial charge is 0.452 e. The van der Waals surface area contributed by atoms with Crippen molar-refractivity contribution in [3.05, 3.63) is 28.8 Å². The van der Waals surface area contributed by atoms with Gasteiger partial charge in [-0.1, -0.05) is 11.6 Å². The highest BCUT2D eigenvalue weighted by atomic mass is 35.5. The van der Waals surface area contributed by atoms with Crippen LogP contribution in [0.2, 0.25) is 5.02 Å². The Labute approximate surface area is 162 Å². The van der Waals surface area contributed by atoms with Crippen LogP contribution < -0.4 is 5.32 Å². The minimum absolute atomic E-state index is 0.000479. The summed E-state index contributed by atoms with van der Waals surface area (Å²) in [5.74, 6) is -1.77.